The van der Waals surface area contributed by atoms with Crippen molar-refractivity contribution < 1.29 is 9.66 Å². The van der Waals surface area contributed by atoms with Gasteiger partial charge in [-0.2, -0.15) is 0 Å². The van der Waals surface area contributed by atoms with Crippen LogP contribution in [0.25, 0.3) is 0 Å². The summed E-state index contributed by atoms with van der Waals surface area (Å²) in [6, 6.07) is 0.201. The number of allylic oxidation sites excluding steroid dienone is 1. The molecule has 0 spiro atoms. The van der Waals surface area contributed by atoms with Gasteiger partial charge in [-0.25, -0.2) is 4.99 Å². The van der Waals surface area contributed by atoms with Crippen molar-refractivity contribution in [3.8, 4) is 11.5 Å². The van der Waals surface area contributed by atoms with Crippen molar-refractivity contribution in [2.45, 2.75) is 44.7 Å². The second-order valence-corrected chi connectivity index (χ2v) is 11.0. The van der Waals surface area contributed by atoms with Crippen molar-refractivity contribution in [1.82, 2.24) is 4.90 Å². The highest BCUT2D eigenvalue weighted by molar-refractivity contribution is 6.83. The third kappa shape index (κ3) is 4.41. The molecule has 1 atom stereocenters. The number of ether oxygens (including phenoxy) is 1. The van der Waals surface area contributed by atoms with Crippen molar-refractivity contribution in [1.29, 1.82) is 0 Å². The van der Waals surface area contributed by atoms with E-state index in [0.29, 0.717) is 13.2 Å². The van der Waals surface area contributed by atoms with Crippen molar-refractivity contribution >= 4 is 14.3 Å². The molecule has 0 aromatic rings. The van der Waals surface area contributed by atoms with E-state index in [1.54, 1.807) is 6.20 Å². The predicted molar refractivity (Wildman–Crippen MR) is 84.2 cm³/mol. The van der Waals surface area contributed by atoms with Gasteiger partial charge >= 0.3 is 5.70 Å². The standard InChI is InChI=1S/C14H21N3O3Si/c1-21(2,3)9-6-14-15-10-13(17(18)19)11-16(14)12-4-7-20-8-5-12/h10-12,14H,4-5,7-8H2,1-3H3. The van der Waals surface area contributed by atoms with Crippen LogP contribution in [0, 0.1) is 21.6 Å². The van der Waals surface area contributed by atoms with Crippen LogP contribution in [-0.2, 0) is 4.74 Å². The van der Waals surface area contributed by atoms with Crippen LogP contribution < -0.4 is 0 Å². The minimum Gasteiger partial charge on any atom is -0.381 e. The van der Waals surface area contributed by atoms with Crippen molar-refractivity contribution in [2.24, 2.45) is 4.99 Å². The lowest BCUT2D eigenvalue weighted by Crippen LogP contribution is -2.43. The van der Waals surface area contributed by atoms with E-state index in [1.165, 1.54) is 6.21 Å². The minimum atomic E-state index is -1.50. The zero-order valence-corrected chi connectivity index (χ0v) is 13.7. The van der Waals surface area contributed by atoms with Gasteiger partial charge in [0.1, 0.15) is 14.3 Å². The van der Waals surface area contributed by atoms with Crippen LogP contribution in [0.1, 0.15) is 12.8 Å². The molecule has 0 aliphatic carbocycles. The Bertz CT molecular complexity index is 522. The summed E-state index contributed by atoms with van der Waals surface area (Å²) in [5.41, 5.74) is 3.33. The van der Waals surface area contributed by atoms with E-state index >= 15 is 0 Å². The van der Waals surface area contributed by atoms with Gasteiger partial charge in [-0.15, -0.1) is 5.54 Å². The number of hydrogen-bond acceptors (Lipinski definition) is 5. The Hall–Kier alpha value is -1.65. The van der Waals surface area contributed by atoms with E-state index in [9.17, 15) is 10.1 Å². The van der Waals surface area contributed by atoms with Crippen molar-refractivity contribution in [2.75, 3.05) is 13.2 Å². The third-order valence-electron chi connectivity index (χ3n) is 3.31. The highest BCUT2D eigenvalue weighted by Gasteiger charge is 2.29. The van der Waals surface area contributed by atoms with E-state index < -0.39 is 13.0 Å². The largest absolute Gasteiger partial charge is 0.381 e. The maximum Gasteiger partial charge on any atom is 0.302 e. The number of nitro groups is 1. The smallest absolute Gasteiger partial charge is 0.302 e. The Labute approximate surface area is 126 Å². The first kappa shape index (κ1) is 15.7. The third-order valence-corrected chi connectivity index (χ3v) is 4.21. The average molecular weight is 307 g/mol. The fourth-order valence-electron chi connectivity index (χ4n) is 2.26. The Balaban J connectivity index is 2.24. The van der Waals surface area contributed by atoms with Gasteiger partial charge in [0.15, 0.2) is 6.17 Å². The first-order valence-corrected chi connectivity index (χ1v) is 10.6. The van der Waals surface area contributed by atoms with Crippen LogP contribution in [0.5, 0.6) is 0 Å². The number of nitrogens with zero attached hydrogens (tertiary/aromatic N) is 3. The van der Waals surface area contributed by atoms with Crippen LogP contribution in [0.4, 0.5) is 0 Å². The van der Waals surface area contributed by atoms with Crippen molar-refractivity contribution in [3.63, 3.8) is 0 Å². The fourth-order valence-corrected chi connectivity index (χ4v) is 2.82. The zero-order valence-electron chi connectivity index (χ0n) is 12.7. The molecule has 2 aliphatic rings. The summed E-state index contributed by atoms with van der Waals surface area (Å²) in [7, 11) is -1.50. The minimum absolute atomic E-state index is 0.0209. The lowest BCUT2D eigenvalue weighted by Gasteiger charge is -2.36. The molecule has 114 valence electrons. The second-order valence-electron chi connectivity index (χ2n) is 6.27. The maximum atomic E-state index is 11.0. The van der Waals surface area contributed by atoms with Gasteiger partial charge in [0, 0.05) is 19.3 Å². The molecule has 1 fully saturated rings. The normalized spacial score (nSPS) is 23.3. The summed E-state index contributed by atoms with van der Waals surface area (Å²) in [4.78, 5) is 16.8. The average Bonchev–Trinajstić information content (AvgIpc) is 2.45. The summed E-state index contributed by atoms with van der Waals surface area (Å²) >= 11 is 0. The first-order valence-electron chi connectivity index (χ1n) is 7.14. The molecule has 0 amide bonds. The Morgan fingerprint density at radius 1 is 1.43 bits per heavy atom. The molecule has 6 nitrogen and oxygen atoms in total. The van der Waals surface area contributed by atoms with E-state index in [1.807, 2.05) is 4.90 Å². The lowest BCUT2D eigenvalue weighted by atomic mass is 10.1. The van der Waals surface area contributed by atoms with Crippen LogP contribution in [0.2, 0.25) is 19.6 Å². The van der Waals surface area contributed by atoms with Gasteiger partial charge in [-0.3, -0.25) is 10.1 Å². The molecule has 0 saturated carbocycles. The Morgan fingerprint density at radius 3 is 2.67 bits per heavy atom. The lowest BCUT2D eigenvalue weighted by molar-refractivity contribution is -0.415. The SMILES string of the molecule is C[Si](C)(C)C#CC1N=CC([N+](=O)[O-])=CN1C1CCOCC1. The highest BCUT2D eigenvalue weighted by Crippen LogP contribution is 2.21. The monoisotopic (exact) mass is 307 g/mol. The van der Waals surface area contributed by atoms with Crippen LogP contribution in [0.15, 0.2) is 16.9 Å². The highest BCUT2D eigenvalue weighted by atomic mass is 28.3. The van der Waals surface area contributed by atoms with Gasteiger partial charge in [0.25, 0.3) is 0 Å². The molecule has 0 aromatic heterocycles. The van der Waals surface area contributed by atoms with E-state index in [2.05, 4.69) is 36.1 Å². The summed E-state index contributed by atoms with van der Waals surface area (Å²) in [5.74, 6) is 3.20. The number of hydrogen-bond donors (Lipinski definition) is 0. The predicted octanol–water partition coefficient (Wildman–Crippen LogP) is 1.88. The molecule has 0 N–H and O–H groups in total. The summed E-state index contributed by atoms with van der Waals surface area (Å²) in [6.45, 7) is 7.87. The Morgan fingerprint density at radius 2 is 2.10 bits per heavy atom. The number of aliphatic imine (C=N–C) groups is 1. The van der Waals surface area contributed by atoms with Crippen LogP contribution in [0.3, 0.4) is 0 Å². The molecule has 0 bridgehead atoms. The molecule has 2 aliphatic heterocycles. The maximum absolute atomic E-state index is 11.0. The summed E-state index contributed by atoms with van der Waals surface area (Å²) in [6.07, 6.45) is 4.29. The van der Waals surface area contributed by atoms with Crippen molar-refractivity contribution in [3.05, 3.63) is 22.0 Å². The second kappa shape index (κ2) is 6.41. The summed E-state index contributed by atoms with van der Waals surface area (Å²) in [5, 5.41) is 11.0. The van der Waals surface area contributed by atoms with Gasteiger partial charge in [0.05, 0.1) is 11.1 Å². The molecular weight excluding hydrogens is 286 g/mol. The van der Waals surface area contributed by atoms with Gasteiger partial charge in [0.2, 0.25) is 0 Å². The molecule has 2 rings (SSSR count). The molecule has 1 unspecified atom stereocenters. The molecule has 7 heteroatoms. The molecule has 0 radical (unpaired) electrons. The topological polar surface area (TPSA) is 68.0 Å². The van der Waals surface area contributed by atoms with Gasteiger partial charge < -0.3 is 9.64 Å². The molecular formula is C14H21N3O3Si. The quantitative estimate of drug-likeness (QED) is 0.338. The zero-order chi connectivity index (χ0) is 15.5. The summed E-state index contributed by atoms with van der Waals surface area (Å²) < 4.78 is 5.37. The molecule has 2 heterocycles. The fraction of sp³-hybridized carbons (Fsp3) is 0.643. The first-order chi connectivity index (χ1) is 9.87. The molecule has 1 saturated heterocycles. The van der Waals surface area contributed by atoms with Crippen LogP contribution >= 0.6 is 0 Å². The van der Waals surface area contributed by atoms with E-state index in [-0.39, 0.29) is 17.9 Å². The molecule has 21 heavy (non-hydrogen) atoms. The van der Waals surface area contributed by atoms with Gasteiger partial charge in [-0.1, -0.05) is 25.6 Å². The van der Waals surface area contributed by atoms with E-state index in [4.69, 9.17) is 4.74 Å². The van der Waals surface area contributed by atoms with Gasteiger partial charge in [-0.05, 0) is 12.8 Å². The number of rotatable bonds is 2. The van der Waals surface area contributed by atoms with E-state index in [0.717, 1.165) is 12.8 Å². The molecule has 0 aromatic carbocycles. The van der Waals surface area contributed by atoms with Crippen LogP contribution in [-0.4, -0.2) is 49.5 Å². The Kier molecular flexibility index (Phi) is 4.80.